The third-order valence-electron chi connectivity index (χ3n) is 4.16. The summed E-state index contributed by atoms with van der Waals surface area (Å²) in [6.45, 7) is 12.1. The van der Waals surface area contributed by atoms with Gasteiger partial charge in [-0.15, -0.1) is 0 Å². The number of likely N-dealkylation sites (N-methyl/N-ethyl adjacent to an activating group) is 1. The lowest BCUT2D eigenvalue weighted by atomic mass is 9.96. The van der Waals surface area contributed by atoms with Crippen molar-refractivity contribution in [3.63, 3.8) is 0 Å². The number of aliphatic carboxylic acids is 1. The summed E-state index contributed by atoms with van der Waals surface area (Å²) in [5.74, 6) is -0.759. The molecule has 0 radical (unpaired) electrons. The lowest BCUT2D eigenvalue weighted by molar-refractivity contribution is -0.145. The minimum atomic E-state index is -0.841. The summed E-state index contributed by atoms with van der Waals surface area (Å²) >= 11 is 0. The summed E-state index contributed by atoms with van der Waals surface area (Å²) < 4.78 is 0. The molecule has 2 N–H and O–H groups in total. The number of rotatable bonds is 6. The number of nitrogens with one attached hydrogen (secondary N) is 1. The van der Waals surface area contributed by atoms with Crippen LogP contribution in [0.3, 0.4) is 0 Å². The van der Waals surface area contributed by atoms with Gasteiger partial charge in [-0.25, -0.2) is 0 Å². The fourth-order valence-corrected chi connectivity index (χ4v) is 3.00. The van der Waals surface area contributed by atoms with E-state index in [1.807, 2.05) is 13.8 Å². The fraction of sp³-hybridized carbons (Fsp3) is 0.933. The molecule has 2 atom stereocenters. The van der Waals surface area contributed by atoms with E-state index in [4.69, 9.17) is 0 Å². The quantitative estimate of drug-likeness (QED) is 0.769. The van der Waals surface area contributed by atoms with E-state index < -0.39 is 11.5 Å². The van der Waals surface area contributed by atoms with Crippen LogP contribution in [0.15, 0.2) is 0 Å². The first-order valence-electron chi connectivity index (χ1n) is 7.68. The Bertz CT molecular complexity index is 322. The van der Waals surface area contributed by atoms with Crippen LogP contribution in [0.1, 0.15) is 40.5 Å². The maximum absolute atomic E-state index is 11.5. The highest BCUT2D eigenvalue weighted by Gasteiger charge is 2.34. The molecule has 20 heavy (non-hydrogen) atoms. The summed E-state index contributed by atoms with van der Waals surface area (Å²) in [4.78, 5) is 16.3. The molecule has 0 aromatic carbocycles. The maximum atomic E-state index is 11.5. The second kappa shape index (κ2) is 7.38. The van der Waals surface area contributed by atoms with Crippen molar-refractivity contribution in [1.29, 1.82) is 0 Å². The SMILES string of the molecule is CC(C)NC(C)(CCN1CCCN(C)CC1C)C(=O)O. The van der Waals surface area contributed by atoms with Crippen molar-refractivity contribution in [3.8, 4) is 0 Å². The van der Waals surface area contributed by atoms with Gasteiger partial charge in [0.25, 0.3) is 0 Å². The van der Waals surface area contributed by atoms with E-state index in [1.54, 1.807) is 6.92 Å². The molecule has 1 rings (SSSR count). The van der Waals surface area contributed by atoms with E-state index >= 15 is 0 Å². The number of hydrogen-bond donors (Lipinski definition) is 2. The normalized spacial score (nSPS) is 25.4. The molecular weight excluding hydrogens is 254 g/mol. The van der Waals surface area contributed by atoms with E-state index in [9.17, 15) is 9.90 Å². The van der Waals surface area contributed by atoms with Gasteiger partial charge in [0.15, 0.2) is 0 Å². The lowest BCUT2D eigenvalue weighted by Crippen LogP contribution is -2.54. The standard InChI is InChI=1S/C15H31N3O2/c1-12(2)16-15(4,14(19)20)7-10-18-9-6-8-17(5)11-13(18)3/h12-13,16H,6-11H2,1-5H3,(H,19,20). The minimum absolute atomic E-state index is 0.170. The van der Waals surface area contributed by atoms with Crippen LogP contribution in [0, 0.1) is 0 Å². The van der Waals surface area contributed by atoms with Crippen LogP contribution in [0.5, 0.6) is 0 Å². The average Bonchev–Trinajstić information content (AvgIpc) is 2.46. The summed E-state index contributed by atoms with van der Waals surface area (Å²) in [5, 5.41) is 12.7. The maximum Gasteiger partial charge on any atom is 0.323 e. The summed E-state index contributed by atoms with van der Waals surface area (Å²) in [6, 6.07) is 0.656. The molecule has 1 fully saturated rings. The van der Waals surface area contributed by atoms with Crippen molar-refractivity contribution < 1.29 is 9.90 Å². The Morgan fingerprint density at radius 2 is 2.10 bits per heavy atom. The molecule has 0 spiro atoms. The van der Waals surface area contributed by atoms with E-state index in [0.29, 0.717) is 12.5 Å². The van der Waals surface area contributed by atoms with Crippen LogP contribution in [-0.2, 0) is 4.79 Å². The molecule has 2 unspecified atom stereocenters. The topological polar surface area (TPSA) is 55.8 Å². The number of nitrogens with zero attached hydrogens (tertiary/aromatic N) is 2. The monoisotopic (exact) mass is 285 g/mol. The predicted octanol–water partition coefficient (Wildman–Crippen LogP) is 1.24. The smallest absolute Gasteiger partial charge is 0.323 e. The molecule has 5 heteroatoms. The van der Waals surface area contributed by atoms with Gasteiger partial charge in [-0.3, -0.25) is 15.0 Å². The largest absolute Gasteiger partial charge is 0.480 e. The van der Waals surface area contributed by atoms with Crippen molar-refractivity contribution in [1.82, 2.24) is 15.1 Å². The Balaban J connectivity index is 2.60. The van der Waals surface area contributed by atoms with Crippen LogP contribution in [0.2, 0.25) is 0 Å². The molecule has 1 aliphatic heterocycles. The minimum Gasteiger partial charge on any atom is -0.480 e. The van der Waals surface area contributed by atoms with Gasteiger partial charge in [-0.1, -0.05) is 0 Å². The van der Waals surface area contributed by atoms with Crippen molar-refractivity contribution in [2.45, 2.75) is 58.2 Å². The van der Waals surface area contributed by atoms with Crippen molar-refractivity contribution >= 4 is 5.97 Å². The van der Waals surface area contributed by atoms with E-state index in [0.717, 1.165) is 32.6 Å². The first-order valence-corrected chi connectivity index (χ1v) is 7.68. The zero-order valence-corrected chi connectivity index (χ0v) is 13.6. The molecule has 0 saturated carbocycles. The molecule has 0 aromatic heterocycles. The van der Waals surface area contributed by atoms with Crippen molar-refractivity contribution in [2.75, 3.05) is 33.2 Å². The van der Waals surface area contributed by atoms with Gasteiger partial charge in [0, 0.05) is 25.2 Å². The van der Waals surface area contributed by atoms with Crippen LogP contribution < -0.4 is 5.32 Å². The molecule has 0 aromatic rings. The van der Waals surface area contributed by atoms with Crippen LogP contribution in [-0.4, -0.2) is 71.7 Å². The average molecular weight is 285 g/mol. The molecule has 1 aliphatic rings. The molecular formula is C15H31N3O2. The van der Waals surface area contributed by atoms with Crippen LogP contribution >= 0.6 is 0 Å². The Labute approximate surface area is 123 Å². The summed E-state index contributed by atoms with van der Waals surface area (Å²) in [5.41, 5.74) is -0.841. The Morgan fingerprint density at radius 3 is 2.65 bits per heavy atom. The number of carboxylic acid groups (broad SMARTS) is 1. The van der Waals surface area contributed by atoms with Crippen molar-refractivity contribution in [3.05, 3.63) is 0 Å². The predicted molar refractivity (Wildman–Crippen MR) is 82.1 cm³/mol. The Morgan fingerprint density at radius 1 is 1.45 bits per heavy atom. The Kier molecular flexibility index (Phi) is 6.43. The summed E-state index contributed by atoms with van der Waals surface area (Å²) in [6.07, 6.45) is 1.79. The number of carboxylic acids is 1. The third kappa shape index (κ3) is 5.04. The molecule has 0 aliphatic carbocycles. The highest BCUT2D eigenvalue weighted by Crippen LogP contribution is 2.16. The highest BCUT2D eigenvalue weighted by molar-refractivity contribution is 5.78. The molecule has 118 valence electrons. The number of carbonyl (C=O) groups is 1. The van der Waals surface area contributed by atoms with Crippen LogP contribution in [0.4, 0.5) is 0 Å². The van der Waals surface area contributed by atoms with Gasteiger partial charge >= 0.3 is 5.97 Å². The number of hydrogen-bond acceptors (Lipinski definition) is 4. The van der Waals surface area contributed by atoms with Gasteiger partial charge in [-0.05, 0) is 60.7 Å². The van der Waals surface area contributed by atoms with Gasteiger partial charge in [0.05, 0.1) is 0 Å². The van der Waals surface area contributed by atoms with Gasteiger partial charge in [0.1, 0.15) is 5.54 Å². The van der Waals surface area contributed by atoms with Gasteiger partial charge in [-0.2, -0.15) is 0 Å². The highest BCUT2D eigenvalue weighted by atomic mass is 16.4. The first-order chi connectivity index (χ1) is 9.24. The molecule has 1 heterocycles. The molecule has 1 saturated heterocycles. The zero-order chi connectivity index (χ0) is 15.3. The van der Waals surface area contributed by atoms with Gasteiger partial charge in [0.2, 0.25) is 0 Å². The Hall–Kier alpha value is -0.650. The molecule has 0 amide bonds. The second-order valence-electron chi connectivity index (χ2n) is 6.69. The second-order valence-corrected chi connectivity index (χ2v) is 6.69. The molecule has 0 bridgehead atoms. The van der Waals surface area contributed by atoms with Crippen LogP contribution in [0.25, 0.3) is 0 Å². The van der Waals surface area contributed by atoms with E-state index in [2.05, 4.69) is 29.1 Å². The fourth-order valence-electron chi connectivity index (χ4n) is 3.00. The zero-order valence-electron chi connectivity index (χ0n) is 13.6. The van der Waals surface area contributed by atoms with Crippen molar-refractivity contribution in [2.24, 2.45) is 0 Å². The van der Waals surface area contributed by atoms with E-state index in [1.165, 1.54) is 0 Å². The van der Waals surface area contributed by atoms with E-state index in [-0.39, 0.29) is 6.04 Å². The van der Waals surface area contributed by atoms with Gasteiger partial charge < -0.3 is 10.0 Å². The first kappa shape index (κ1) is 17.4. The lowest BCUT2D eigenvalue weighted by Gasteiger charge is -2.33. The molecule has 5 nitrogen and oxygen atoms in total. The third-order valence-corrected chi connectivity index (χ3v) is 4.16. The summed E-state index contributed by atoms with van der Waals surface area (Å²) in [7, 11) is 2.15.